The van der Waals surface area contributed by atoms with E-state index in [0.29, 0.717) is 37.3 Å². The topological polar surface area (TPSA) is 122 Å². The van der Waals surface area contributed by atoms with E-state index in [9.17, 15) is 27.4 Å². The molecule has 1 aliphatic rings. The highest BCUT2D eigenvalue weighted by Crippen LogP contribution is 2.29. The van der Waals surface area contributed by atoms with Gasteiger partial charge in [0.2, 0.25) is 0 Å². The Kier molecular flexibility index (Phi) is 7.45. The highest BCUT2D eigenvalue weighted by molar-refractivity contribution is 7.95. The third-order valence-corrected chi connectivity index (χ3v) is 7.44. The quantitative estimate of drug-likeness (QED) is 0.560. The van der Waals surface area contributed by atoms with Crippen LogP contribution in [-0.4, -0.2) is 55.5 Å². The van der Waals surface area contributed by atoms with Crippen LogP contribution in [0.15, 0.2) is 58.3 Å². The van der Waals surface area contributed by atoms with Crippen LogP contribution in [0, 0.1) is 22.7 Å². The van der Waals surface area contributed by atoms with Gasteiger partial charge in [-0.3, -0.25) is 0 Å². The molecular formula is C24H24N4O4S2. The van der Waals surface area contributed by atoms with Crippen LogP contribution in [0.25, 0.3) is 12.2 Å². The first kappa shape index (κ1) is 25.0. The van der Waals surface area contributed by atoms with Crippen LogP contribution >= 0.6 is 0 Å². The van der Waals surface area contributed by atoms with Crippen LogP contribution in [0.4, 0.5) is 11.4 Å². The second-order valence-electron chi connectivity index (χ2n) is 7.88. The zero-order valence-electron chi connectivity index (χ0n) is 18.8. The molecular weight excluding hydrogens is 472 g/mol. The zero-order chi connectivity index (χ0) is 24.9. The SMILES string of the molecule is CS(=O)(=O)C(C#N)=Cc1ccccc1N1CCN(c2ccccc2C=C(C#N)S(C)(=O)=O)CC1. The van der Waals surface area contributed by atoms with Gasteiger partial charge in [0.1, 0.15) is 21.9 Å². The molecule has 8 nitrogen and oxygen atoms in total. The maximum atomic E-state index is 11.9. The van der Waals surface area contributed by atoms with Crippen molar-refractivity contribution >= 4 is 43.2 Å². The highest BCUT2D eigenvalue weighted by Gasteiger charge is 2.22. The first-order valence-electron chi connectivity index (χ1n) is 10.4. The van der Waals surface area contributed by atoms with Crippen molar-refractivity contribution in [3.8, 4) is 12.1 Å². The van der Waals surface area contributed by atoms with Gasteiger partial charge >= 0.3 is 0 Å². The average Bonchev–Trinajstić information content (AvgIpc) is 2.80. The summed E-state index contributed by atoms with van der Waals surface area (Å²) < 4.78 is 47.5. The summed E-state index contributed by atoms with van der Waals surface area (Å²) in [5, 5.41) is 18.5. The summed E-state index contributed by atoms with van der Waals surface area (Å²) in [7, 11) is -7.26. The lowest BCUT2D eigenvalue weighted by Gasteiger charge is -2.38. The molecule has 176 valence electrons. The third kappa shape index (κ3) is 5.84. The number of nitrogens with zero attached hydrogens (tertiary/aromatic N) is 4. The van der Waals surface area contributed by atoms with E-state index in [-0.39, 0.29) is 9.81 Å². The van der Waals surface area contributed by atoms with Crippen LogP contribution in [0.2, 0.25) is 0 Å². The first-order valence-corrected chi connectivity index (χ1v) is 14.1. The molecule has 0 aliphatic carbocycles. The summed E-state index contributed by atoms with van der Waals surface area (Å²) in [5.74, 6) is 0. The third-order valence-electron chi connectivity index (χ3n) is 5.43. The summed E-state index contributed by atoms with van der Waals surface area (Å²) in [4.78, 5) is 3.65. The second-order valence-corrected chi connectivity index (χ2v) is 11.8. The number of para-hydroxylation sites is 2. The summed E-state index contributed by atoms with van der Waals surface area (Å²) >= 11 is 0. The molecule has 0 atom stereocenters. The van der Waals surface area contributed by atoms with Crippen molar-refractivity contribution in [2.75, 3.05) is 48.5 Å². The zero-order valence-corrected chi connectivity index (χ0v) is 20.5. The predicted molar refractivity (Wildman–Crippen MR) is 134 cm³/mol. The molecule has 10 heteroatoms. The molecule has 0 spiro atoms. The minimum atomic E-state index is -3.63. The van der Waals surface area contributed by atoms with Crippen molar-refractivity contribution in [2.24, 2.45) is 0 Å². The molecule has 2 aromatic carbocycles. The summed E-state index contributed by atoms with van der Waals surface area (Å²) in [6.07, 6.45) is 4.81. The minimum Gasteiger partial charge on any atom is -0.368 e. The van der Waals surface area contributed by atoms with Crippen LogP contribution in [-0.2, 0) is 19.7 Å². The van der Waals surface area contributed by atoms with Crippen molar-refractivity contribution in [2.45, 2.75) is 0 Å². The Morgan fingerprint density at radius 2 is 1.03 bits per heavy atom. The monoisotopic (exact) mass is 496 g/mol. The van der Waals surface area contributed by atoms with Gasteiger partial charge in [0, 0.05) is 50.1 Å². The van der Waals surface area contributed by atoms with Crippen LogP contribution in [0.1, 0.15) is 11.1 Å². The molecule has 0 amide bonds. The Morgan fingerprint density at radius 3 is 1.32 bits per heavy atom. The lowest BCUT2D eigenvalue weighted by molar-refractivity contribution is 0.607. The van der Waals surface area contributed by atoms with Crippen LogP contribution in [0.5, 0.6) is 0 Å². The first-order chi connectivity index (χ1) is 16.0. The normalized spacial score (nSPS) is 15.5. The van der Waals surface area contributed by atoms with Crippen molar-refractivity contribution in [1.29, 1.82) is 10.5 Å². The van der Waals surface area contributed by atoms with Gasteiger partial charge in [-0.25, -0.2) is 16.8 Å². The van der Waals surface area contributed by atoms with Gasteiger partial charge in [0.15, 0.2) is 19.7 Å². The Morgan fingerprint density at radius 1 is 0.706 bits per heavy atom. The molecule has 1 fully saturated rings. The number of anilines is 2. The standard InChI is InChI=1S/C24H24N4O4S2/c1-33(29,30)21(17-25)15-19-7-3-5-9-23(19)27-11-13-28(14-12-27)24-10-6-4-8-20(24)16-22(18-26)34(2,31)32/h3-10,15-16H,11-14H2,1-2H3. The molecule has 0 bridgehead atoms. The Labute approximate surface area is 200 Å². The molecule has 0 unspecified atom stereocenters. The van der Waals surface area contributed by atoms with Gasteiger partial charge in [-0.1, -0.05) is 36.4 Å². The molecule has 1 saturated heterocycles. The molecule has 0 aromatic heterocycles. The van der Waals surface area contributed by atoms with Crippen LogP contribution < -0.4 is 9.80 Å². The Bertz CT molecular complexity index is 1330. The Balaban J connectivity index is 1.87. The van der Waals surface area contributed by atoms with E-state index in [1.54, 1.807) is 36.4 Å². The van der Waals surface area contributed by atoms with E-state index < -0.39 is 19.7 Å². The summed E-state index contributed by atoms with van der Waals surface area (Å²) in [5.41, 5.74) is 2.95. The number of hydrogen-bond donors (Lipinski definition) is 0. The van der Waals surface area contributed by atoms with Crippen molar-refractivity contribution in [3.05, 3.63) is 69.5 Å². The fourth-order valence-corrected chi connectivity index (χ4v) is 4.72. The molecule has 0 saturated carbocycles. The molecule has 1 aliphatic heterocycles. The average molecular weight is 497 g/mol. The van der Waals surface area contributed by atoms with Gasteiger partial charge in [-0.2, -0.15) is 10.5 Å². The lowest BCUT2D eigenvalue weighted by Crippen LogP contribution is -2.47. The van der Waals surface area contributed by atoms with E-state index in [0.717, 1.165) is 23.9 Å². The lowest BCUT2D eigenvalue weighted by atomic mass is 10.1. The minimum absolute atomic E-state index is 0.293. The van der Waals surface area contributed by atoms with Gasteiger partial charge in [0.05, 0.1) is 0 Å². The van der Waals surface area contributed by atoms with E-state index in [1.165, 1.54) is 12.2 Å². The maximum Gasteiger partial charge on any atom is 0.185 e. The Hall–Kier alpha value is -3.60. The van der Waals surface area contributed by atoms with Gasteiger partial charge in [-0.15, -0.1) is 0 Å². The predicted octanol–water partition coefficient (Wildman–Crippen LogP) is 2.83. The highest BCUT2D eigenvalue weighted by atomic mass is 32.2. The van der Waals surface area contributed by atoms with Crippen molar-refractivity contribution in [3.63, 3.8) is 0 Å². The van der Waals surface area contributed by atoms with E-state index in [1.807, 2.05) is 24.3 Å². The smallest absolute Gasteiger partial charge is 0.185 e. The number of benzene rings is 2. The molecule has 0 radical (unpaired) electrons. The van der Waals surface area contributed by atoms with Gasteiger partial charge in [0.25, 0.3) is 0 Å². The molecule has 1 heterocycles. The second kappa shape index (κ2) is 10.1. The molecule has 0 N–H and O–H groups in total. The summed E-state index contributed by atoms with van der Waals surface area (Å²) in [6, 6.07) is 18.2. The van der Waals surface area contributed by atoms with Gasteiger partial charge in [-0.05, 0) is 35.4 Å². The van der Waals surface area contributed by atoms with E-state index in [2.05, 4.69) is 9.80 Å². The van der Waals surface area contributed by atoms with Gasteiger partial charge < -0.3 is 9.80 Å². The van der Waals surface area contributed by atoms with E-state index in [4.69, 9.17) is 0 Å². The fourth-order valence-electron chi connectivity index (χ4n) is 3.71. The number of nitriles is 2. The number of hydrogen-bond acceptors (Lipinski definition) is 8. The number of rotatable bonds is 6. The number of allylic oxidation sites excluding steroid dienone is 2. The van der Waals surface area contributed by atoms with Crippen molar-refractivity contribution in [1.82, 2.24) is 0 Å². The largest absolute Gasteiger partial charge is 0.368 e. The van der Waals surface area contributed by atoms with Crippen molar-refractivity contribution < 1.29 is 16.8 Å². The molecule has 2 aromatic rings. The maximum absolute atomic E-state index is 11.9. The number of piperazine rings is 1. The fraction of sp³-hybridized carbons (Fsp3) is 0.250. The summed E-state index contributed by atoms with van der Waals surface area (Å²) in [6.45, 7) is 2.50. The molecule has 34 heavy (non-hydrogen) atoms. The number of sulfone groups is 2. The van der Waals surface area contributed by atoms with E-state index >= 15 is 0 Å². The molecule has 3 rings (SSSR count). The van der Waals surface area contributed by atoms with Crippen LogP contribution in [0.3, 0.4) is 0 Å².